The fourth-order valence-electron chi connectivity index (χ4n) is 6.77. The maximum absolute atomic E-state index is 13.4. The Labute approximate surface area is 222 Å². The molecule has 2 bridgehead atoms. The predicted octanol–water partition coefficient (Wildman–Crippen LogP) is 4.42. The third kappa shape index (κ3) is 4.04. The zero-order chi connectivity index (χ0) is 25.6. The molecule has 8 heteroatoms. The van der Waals surface area contributed by atoms with Gasteiger partial charge in [0.1, 0.15) is 5.82 Å². The van der Waals surface area contributed by atoms with Crippen molar-refractivity contribution in [2.45, 2.75) is 69.0 Å². The van der Waals surface area contributed by atoms with E-state index < -0.39 is 0 Å². The molecule has 0 spiro atoms. The number of hydrogen-bond acceptors (Lipinski definition) is 6. The summed E-state index contributed by atoms with van der Waals surface area (Å²) in [6.45, 7) is 0.948. The van der Waals surface area contributed by atoms with Crippen molar-refractivity contribution in [2.75, 3.05) is 12.3 Å². The van der Waals surface area contributed by atoms with E-state index in [0.717, 1.165) is 85.2 Å². The van der Waals surface area contributed by atoms with Crippen molar-refractivity contribution in [3.8, 4) is 22.4 Å². The van der Waals surface area contributed by atoms with Gasteiger partial charge >= 0.3 is 0 Å². The fraction of sp³-hybridized carbons (Fsp3) is 0.400. The first-order valence-electron chi connectivity index (χ1n) is 13.9. The van der Waals surface area contributed by atoms with Crippen LogP contribution >= 0.6 is 0 Å². The number of amides is 1. The van der Waals surface area contributed by atoms with Crippen LogP contribution in [0.3, 0.4) is 0 Å². The van der Waals surface area contributed by atoms with E-state index in [9.17, 15) is 4.79 Å². The lowest BCUT2D eigenvalue weighted by molar-refractivity contribution is -0.138. The summed E-state index contributed by atoms with van der Waals surface area (Å²) in [6, 6.07) is 16.8. The molecule has 194 valence electrons. The molecule has 0 aliphatic carbocycles. The molecule has 4 aromatic rings. The molecule has 1 aromatic carbocycles. The van der Waals surface area contributed by atoms with Crippen LogP contribution in [0.15, 0.2) is 60.9 Å². The van der Waals surface area contributed by atoms with Gasteiger partial charge in [0.05, 0.1) is 17.9 Å². The number of benzene rings is 1. The van der Waals surface area contributed by atoms with Crippen molar-refractivity contribution >= 4 is 17.4 Å². The lowest BCUT2D eigenvalue weighted by Gasteiger charge is -2.41. The van der Waals surface area contributed by atoms with E-state index in [1.807, 2.05) is 42.7 Å². The first-order valence-corrected chi connectivity index (χ1v) is 13.9. The first-order chi connectivity index (χ1) is 18.7. The van der Waals surface area contributed by atoms with Crippen LogP contribution in [-0.4, -0.2) is 55.1 Å². The molecule has 3 N–H and O–H groups in total. The highest BCUT2D eigenvalue weighted by Gasteiger charge is 2.45. The standard InChI is InChI=1S/C30H33N7O/c31-28-16-27(21-14-22-10-11-23(15-21)36(22)30(38)26-8-4-5-13-32-26)35-29-24(18-34-37(28)29)20-9-12-25(33-17-20)19-6-2-1-3-7-19/h1-3,6-7,9,12,16-18,21-23,26,32H,4-5,8,10-11,13-15,31H2/t21?,22-,23+,26-/m1/s1. The summed E-state index contributed by atoms with van der Waals surface area (Å²) in [5, 5.41) is 7.98. The predicted molar refractivity (Wildman–Crippen MR) is 147 cm³/mol. The SMILES string of the molecule is Nc1cc(C2C[C@H]3CC[C@@H](C2)N3C(=O)[C@H]2CCCCN2)nc2c(-c3ccc(-c4ccccc4)nc3)cnn12. The van der Waals surface area contributed by atoms with Gasteiger partial charge in [-0.05, 0) is 51.1 Å². The molecule has 1 unspecified atom stereocenters. The topological polar surface area (TPSA) is 101 Å². The molecule has 3 fully saturated rings. The molecule has 0 saturated carbocycles. The van der Waals surface area contributed by atoms with Gasteiger partial charge in [0.25, 0.3) is 0 Å². The number of nitrogen functional groups attached to an aromatic ring is 1. The Bertz CT molecular complexity index is 1450. The van der Waals surface area contributed by atoms with E-state index in [0.29, 0.717) is 11.7 Å². The van der Waals surface area contributed by atoms with Crippen LogP contribution in [0.5, 0.6) is 0 Å². The Balaban J connectivity index is 1.16. The lowest BCUT2D eigenvalue weighted by Crippen LogP contribution is -2.54. The third-order valence-corrected chi connectivity index (χ3v) is 8.68. The molecule has 7 rings (SSSR count). The number of carbonyl (C=O) groups excluding carboxylic acids is 1. The Hall–Kier alpha value is -3.78. The van der Waals surface area contributed by atoms with Gasteiger partial charge in [-0.1, -0.05) is 42.8 Å². The second-order valence-corrected chi connectivity index (χ2v) is 11.0. The normalized spacial score (nSPS) is 25.1. The second-order valence-electron chi connectivity index (χ2n) is 11.0. The van der Waals surface area contributed by atoms with Crippen molar-refractivity contribution in [1.82, 2.24) is 29.8 Å². The van der Waals surface area contributed by atoms with E-state index in [-0.39, 0.29) is 24.0 Å². The van der Waals surface area contributed by atoms with Crippen molar-refractivity contribution in [1.29, 1.82) is 0 Å². The van der Waals surface area contributed by atoms with E-state index in [2.05, 4.69) is 33.5 Å². The zero-order valence-corrected chi connectivity index (χ0v) is 21.5. The maximum atomic E-state index is 13.4. The monoisotopic (exact) mass is 507 g/mol. The van der Waals surface area contributed by atoms with Gasteiger partial charge in [-0.15, -0.1) is 0 Å². The van der Waals surface area contributed by atoms with Crippen LogP contribution < -0.4 is 11.1 Å². The van der Waals surface area contributed by atoms with Crippen molar-refractivity contribution in [2.24, 2.45) is 0 Å². The molecule has 3 aliphatic rings. The minimum absolute atomic E-state index is 0.00948. The van der Waals surface area contributed by atoms with Gasteiger partial charge in [-0.3, -0.25) is 9.78 Å². The van der Waals surface area contributed by atoms with E-state index in [4.69, 9.17) is 15.7 Å². The van der Waals surface area contributed by atoms with Crippen LogP contribution in [0.2, 0.25) is 0 Å². The molecular formula is C30H33N7O. The molecule has 4 atom stereocenters. The van der Waals surface area contributed by atoms with Crippen molar-refractivity contribution in [3.63, 3.8) is 0 Å². The highest BCUT2D eigenvalue weighted by molar-refractivity contribution is 5.83. The fourth-order valence-corrected chi connectivity index (χ4v) is 6.77. The van der Waals surface area contributed by atoms with Crippen LogP contribution in [0.4, 0.5) is 5.82 Å². The van der Waals surface area contributed by atoms with Crippen LogP contribution in [0.25, 0.3) is 28.0 Å². The van der Waals surface area contributed by atoms with Crippen LogP contribution in [0.1, 0.15) is 56.6 Å². The summed E-state index contributed by atoms with van der Waals surface area (Å²) in [5.41, 5.74) is 12.1. The average Bonchev–Trinajstić information content (AvgIpc) is 3.52. The highest BCUT2D eigenvalue weighted by atomic mass is 16.2. The number of nitrogens with two attached hydrogens (primary N) is 1. The van der Waals surface area contributed by atoms with Gasteiger partial charge in [0.15, 0.2) is 5.65 Å². The number of rotatable bonds is 4. The summed E-state index contributed by atoms with van der Waals surface area (Å²) in [7, 11) is 0. The van der Waals surface area contributed by atoms with Crippen LogP contribution in [0, 0.1) is 0 Å². The second kappa shape index (κ2) is 9.51. The molecule has 3 saturated heterocycles. The lowest BCUT2D eigenvalue weighted by atomic mass is 9.87. The van der Waals surface area contributed by atoms with Gasteiger partial charge in [-0.25, -0.2) is 4.98 Å². The molecule has 3 aliphatic heterocycles. The third-order valence-electron chi connectivity index (χ3n) is 8.68. The zero-order valence-electron chi connectivity index (χ0n) is 21.5. The number of nitrogens with one attached hydrogen (secondary N) is 1. The van der Waals surface area contributed by atoms with Gasteiger partial charge in [0.2, 0.25) is 5.91 Å². The Morgan fingerprint density at radius 2 is 1.76 bits per heavy atom. The molecule has 1 amide bonds. The minimum atomic E-state index is -0.00948. The number of piperidine rings is 2. The number of fused-ring (bicyclic) bond motifs is 3. The smallest absolute Gasteiger partial charge is 0.240 e. The van der Waals surface area contributed by atoms with Gasteiger partial charge in [-0.2, -0.15) is 9.61 Å². The summed E-state index contributed by atoms with van der Waals surface area (Å²) < 4.78 is 1.71. The van der Waals surface area contributed by atoms with Crippen molar-refractivity contribution in [3.05, 3.63) is 66.6 Å². The average molecular weight is 508 g/mol. The molecule has 0 radical (unpaired) electrons. The number of carbonyl (C=O) groups is 1. The van der Waals surface area contributed by atoms with Gasteiger partial charge in [0, 0.05) is 52.6 Å². The summed E-state index contributed by atoms with van der Waals surface area (Å²) in [5.74, 6) is 1.18. The quantitative estimate of drug-likeness (QED) is 0.424. The summed E-state index contributed by atoms with van der Waals surface area (Å²) in [4.78, 5) is 25.4. The number of pyridine rings is 1. The van der Waals surface area contributed by atoms with Gasteiger partial charge < -0.3 is 16.0 Å². The molecule has 8 nitrogen and oxygen atoms in total. The maximum Gasteiger partial charge on any atom is 0.240 e. The number of anilines is 1. The molecule has 3 aromatic heterocycles. The largest absolute Gasteiger partial charge is 0.384 e. The van der Waals surface area contributed by atoms with E-state index >= 15 is 0 Å². The molecule has 6 heterocycles. The minimum Gasteiger partial charge on any atom is -0.384 e. The molecule has 38 heavy (non-hydrogen) atoms. The summed E-state index contributed by atoms with van der Waals surface area (Å²) >= 11 is 0. The molecular weight excluding hydrogens is 474 g/mol. The number of nitrogens with zero attached hydrogens (tertiary/aromatic N) is 5. The summed E-state index contributed by atoms with van der Waals surface area (Å²) in [6.07, 6.45) is 11.0. The Morgan fingerprint density at radius 3 is 2.47 bits per heavy atom. The Kier molecular flexibility index (Phi) is 5.84. The van der Waals surface area contributed by atoms with E-state index in [1.54, 1.807) is 4.52 Å². The van der Waals surface area contributed by atoms with Crippen molar-refractivity contribution < 1.29 is 4.79 Å². The van der Waals surface area contributed by atoms with E-state index in [1.165, 1.54) is 0 Å². The number of hydrogen-bond donors (Lipinski definition) is 2. The Morgan fingerprint density at radius 1 is 0.947 bits per heavy atom. The van der Waals surface area contributed by atoms with Crippen LogP contribution in [-0.2, 0) is 4.79 Å². The number of aromatic nitrogens is 4. The highest BCUT2D eigenvalue weighted by Crippen LogP contribution is 2.44. The first kappa shape index (κ1) is 23.3.